The molecule has 2 aromatic carbocycles. The molecule has 0 radical (unpaired) electrons. The van der Waals surface area contributed by atoms with Gasteiger partial charge in [-0.15, -0.1) is 11.3 Å². The van der Waals surface area contributed by atoms with E-state index in [-0.39, 0.29) is 17.6 Å². The Balaban J connectivity index is 1.32. The summed E-state index contributed by atoms with van der Waals surface area (Å²) in [6.45, 7) is 0.891. The van der Waals surface area contributed by atoms with Crippen LogP contribution in [0.4, 0.5) is 0 Å². The SMILES string of the molecule is O=C(NCc1cc(Cc2ccccc2Cl)cs1)[C@H](O)[C@@H](O)C(=S)N1CCCC1c1cccc(Cl)c1. The number of aliphatic hydroxyl groups is 2. The molecule has 1 aliphatic rings. The molecule has 1 aliphatic heterocycles. The molecule has 4 rings (SSSR count). The van der Waals surface area contributed by atoms with Crippen molar-refractivity contribution >= 4 is 57.7 Å². The van der Waals surface area contributed by atoms with Gasteiger partial charge in [0, 0.05) is 21.5 Å². The van der Waals surface area contributed by atoms with Crippen LogP contribution >= 0.6 is 46.8 Å². The fourth-order valence-corrected chi connectivity index (χ4v) is 5.87. The normalized spacial score (nSPS) is 17.3. The zero-order valence-corrected chi connectivity index (χ0v) is 22.0. The minimum atomic E-state index is -1.66. The number of carbonyl (C=O) groups excluding carboxylic acids is 1. The molecule has 1 amide bonds. The molecule has 0 spiro atoms. The van der Waals surface area contributed by atoms with Gasteiger partial charge in [-0.1, -0.05) is 65.8 Å². The number of halogens is 2. The molecule has 1 saturated heterocycles. The maximum atomic E-state index is 12.6. The third-order valence-corrected chi connectivity index (χ3v) is 8.15. The van der Waals surface area contributed by atoms with Gasteiger partial charge in [0.1, 0.15) is 11.1 Å². The van der Waals surface area contributed by atoms with E-state index in [0.717, 1.165) is 39.4 Å². The third kappa shape index (κ3) is 6.42. The van der Waals surface area contributed by atoms with E-state index in [1.165, 1.54) is 11.3 Å². The van der Waals surface area contributed by atoms with Gasteiger partial charge >= 0.3 is 0 Å². The van der Waals surface area contributed by atoms with E-state index < -0.39 is 18.1 Å². The number of hydrogen-bond acceptors (Lipinski definition) is 5. The van der Waals surface area contributed by atoms with Crippen LogP contribution in [0.2, 0.25) is 10.0 Å². The quantitative estimate of drug-likeness (QED) is 0.339. The van der Waals surface area contributed by atoms with Crippen LogP contribution in [-0.2, 0) is 17.8 Å². The van der Waals surface area contributed by atoms with Crippen molar-refractivity contribution in [2.75, 3.05) is 6.54 Å². The molecule has 3 N–H and O–H groups in total. The van der Waals surface area contributed by atoms with E-state index in [1.807, 2.05) is 58.8 Å². The predicted molar refractivity (Wildman–Crippen MR) is 145 cm³/mol. The van der Waals surface area contributed by atoms with Crippen molar-refractivity contribution in [1.82, 2.24) is 10.2 Å². The number of hydrogen-bond donors (Lipinski definition) is 3. The highest BCUT2D eigenvalue weighted by Gasteiger charge is 2.35. The van der Waals surface area contributed by atoms with E-state index in [9.17, 15) is 15.0 Å². The number of aliphatic hydroxyl groups excluding tert-OH is 2. The average Bonchev–Trinajstić information content (AvgIpc) is 3.52. The first-order valence-electron chi connectivity index (χ1n) is 11.3. The molecule has 0 aliphatic carbocycles. The number of benzene rings is 2. The molecule has 2 heterocycles. The van der Waals surface area contributed by atoms with Crippen molar-refractivity contribution in [2.24, 2.45) is 0 Å². The van der Waals surface area contributed by atoms with Crippen LogP contribution in [0.25, 0.3) is 0 Å². The van der Waals surface area contributed by atoms with E-state index in [1.54, 1.807) is 6.07 Å². The Morgan fingerprint density at radius 3 is 2.71 bits per heavy atom. The van der Waals surface area contributed by atoms with Crippen LogP contribution in [0, 0.1) is 0 Å². The van der Waals surface area contributed by atoms with Gasteiger partial charge in [0.05, 0.1) is 12.6 Å². The van der Waals surface area contributed by atoms with Crippen LogP contribution in [0.5, 0.6) is 0 Å². The topological polar surface area (TPSA) is 72.8 Å². The molecule has 35 heavy (non-hydrogen) atoms. The Kier molecular flexibility index (Phi) is 8.81. The Bertz CT molecular complexity index is 1200. The molecule has 9 heteroatoms. The number of thiocarbonyl (C=S) groups is 1. The highest BCUT2D eigenvalue weighted by molar-refractivity contribution is 7.80. The lowest BCUT2D eigenvalue weighted by atomic mass is 10.0. The molecule has 0 bridgehead atoms. The highest BCUT2D eigenvalue weighted by atomic mass is 35.5. The molecule has 1 fully saturated rings. The van der Waals surface area contributed by atoms with Gasteiger partial charge in [-0.2, -0.15) is 0 Å². The van der Waals surface area contributed by atoms with Gasteiger partial charge in [-0.3, -0.25) is 4.79 Å². The molecule has 184 valence electrons. The number of amides is 1. The van der Waals surface area contributed by atoms with Gasteiger partial charge in [0.25, 0.3) is 5.91 Å². The summed E-state index contributed by atoms with van der Waals surface area (Å²) in [5, 5.41) is 27.3. The average molecular weight is 550 g/mol. The first-order chi connectivity index (χ1) is 16.8. The summed E-state index contributed by atoms with van der Waals surface area (Å²) in [5.41, 5.74) is 3.12. The van der Waals surface area contributed by atoms with E-state index in [0.29, 0.717) is 18.0 Å². The second kappa shape index (κ2) is 11.8. The Morgan fingerprint density at radius 1 is 1.14 bits per heavy atom. The standard InChI is InChI=1S/C26H26Cl2N2O3S2/c27-19-7-3-6-18(13-19)22-9-4-10-30(22)26(34)24(32)23(31)25(33)29-14-20-12-16(15-35-20)11-17-5-1-2-8-21(17)28/h1-3,5-8,12-13,15,22-24,31-32H,4,9-11,14H2,(H,29,33)/t22?,23-,24-/m1/s1. The zero-order valence-electron chi connectivity index (χ0n) is 18.9. The van der Waals surface area contributed by atoms with Gasteiger partial charge in [0.2, 0.25) is 0 Å². The van der Waals surface area contributed by atoms with Crippen molar-refractivity contribution in [3.05, 3.63) is 91.6 Å². The molecule has 1 unspecified atom stereocenters. The van der Waals surface area contributed by atoms with Crippen molar-refractivity contribution < 1.29 is 15.0 Å². The Labute approximate surface area is 224 Å². The smallest absolute Gasteiger partial charge is 0.252 e. The summed E-state index contributed by atoms with van der Waals surface area (Å²) in [7, 11) is 0. The van der Waals surface area contributed by atoms with Crippen LogP contribution in [0.1, 0.15) is 40.5 Å². The van der Waals surface area contributed by atoms with Crippen molar-refractivity contribution in [1.29, 1.82) is 0 Å². The van der Waals surface area contributed by atoms with E-state index in [4.69, 9.17) is 35.4 Å². The molecule has 3 atom stereocenters. The summed E-state index contributed by atoms with van der Waals surface area (Å²) in [4.78, 5) is 15.6. The maximum Gasteiger partial charge on any atom is 0.252 e. The van der Waals surface area contributed by atoms with Crippen LogP contribution in [0.15, 0.2) is 60.0 Å². The summed E-state index contributed by atoms with van der Waals surface area (Å²) in [5.74, 6) is -0.667. The number of rotatable bonds is 8. The van der Waals surface area contributed by atoms with Crippen LogP contribution in [0.3, 0.4) is 0 Å². The monoisotopic (exact) mass is 548 g/mol. The van der Waals surface area contributed by atoms with Crippen molar-refractivity contribution in [2.45, 2.75) is 44.1 Å². The molecule has 5 nitrogen and oxygen atoms in total. The molecule has 1 aromatic heterocycles. The summed E-state index contributed by atoms with van der Waals surface area (Å²) in [6, 6.07) is 17.2. The Morgan fingerprint density at radius 2 is 1.94 bits per heavy atom. The lowest BCUT2D eigenvalue weighted by Crippen LogP contribution is -2.49. The van der Waals surface area contributed by atoms with Crippen molar-refractivity contribution in [3.8, 4) is 0 Å². The zero-order chi connectivity index (χ0) is 24.9. The predicted octanol–water partition coefficient (Wildman–Crippen LogP) is 5.15. The van der Waals surface area contributed by atoms with Gasteiger partial charge in [-0.25, -0.2) is 0 Å². The first kappa shape index (κ1) is 26.1. The summed E-state index contributed by atoms with van der Waals surface area (Å²) < 4.78 is 0. The Hall–Kier alpha value is -2.00. The van der Waals surface area contributed by atoms with Gasteiger partial charge in [0.15, 0.2) is 6.10 Å². The van der Waals surface area contributed by atoms with Crippen LogP contribution < -0.4 is 5.32 Å². The number of carbonyl (C=O) groups is 1. The second-order valence-electron chi connectivity index (χ2n) is 8.54. The van der Waals surface area contributed by atoms with E-state index >= 15 is 0 Å². The number of nitrogens with one attached hydrogen (secondary N) is 1. The third-order valence-electron chi connectivity index (χ3n) is 6.09. The highest BCUT2D eigenvalue weighted by Crippen LogP contribution is 2.34. The first-order valence-corrected chi connectivity index (χ1v) is 13.4. The molecular formula is C26H26Cl2N2O3S2. The minimum absolute atomic E-state index is 0.0474. The fourth-order valence-electron chi connectivity index (χ4n) is 4.29. The lowest BCUT2D eigenvalue weighted by Gasteiger charge is -2.31. The molecule has 3 aromatic rings. The van der Waals surface area contributed by atoms with Gasteiger partial charge in [-0.05, 0) is 65.6 Å². The molecular weight excluding hydrogens is 523 g/mol. The number of thiophene rings is 1. The van der Waals surface area contributed by atoms with Crippen molar-refractivity contribution in [3.63, 3.8) is 0 Å². The summed E-state index contributed by atoms with van der Waals surface area (Å²) >= 11 is 19.4. The minimum Gasteiger partial charge on any atom is -0.383 e. The fraction of sp³-hybridized carbons (Fsp3) is 0.308. The lowest BCUT2D eigenvalue weighted by molar-refractivity contribution is -0.133. The maximum absolute atomic E-state index is 12.6. The van der Waals surface area contributed by atoms with E-state index in [2.05, 4.69) is 5.32 Å². The largest absolute Gasteiger partial charge is 0.383 e. The number of likely N-dealkylation sites (tertiary alicyclic amines) is 1. The van der Waals surface area contributed by atoms with Gasteiger partial charge < -0.3 is 20.4 Å². The second-order valence-corrected chi connectivity index (χ2v) is 10.8. The number of nitrogens with zero attached hydrogens (tertiary/aromatic N) is 1. The summed E-state index contributed by atoms with van der Waals surface area (Å²) in [6.07, 6.45) is -0.704. The molecule has 0 saturated carbocycles. The van der Waals surface area contributed by atoms with Crippen LogP contribution in [-0.4, -0.2) is 44.8 Å².